The second kappa shape index (κ2) is 6.37. The van der Waals surface area contributed by atoms with Crippen molar-refractivity contribution in [1.82, 2.24) is 4.90 Å². The Bertz CT molecular complexity index is 336. The van der Waals surface area contributed by atoms with Crippen LogP contribution in [0.3, 0.4) is 0 Å². The van der Waals surface area contributed by atoms with Gasteiger partial charge in [0.15, 0.2) is 0 Å². The predicted molar refractivity (Wildman–Crippen MR) is 69.6 cm³/mol. The van der Waals surface area contributed by atoms with Gasteiger partial charge in [0.2, 0.25) is 5.91 Å². The first kappa shape index (κ1) is 14.3. The molecule has 0 aromatic rings. The lowest BCUT2D eigenvalue weighted by Crippen LogP contribution is -2.37. The first-order chi connectivity index (χ1) is 9.11. The highest BCUT2D eigenvalue weighted by molar-refractivity contribution is 5.79. The number of rotatable bonds is 4. The lowest BCUT2D eigenvalue weighted by Gasteiger charge is -2.28. The van der Waals surface area contributed by atoms with Crippen LogP contribution in [0.5, 0.6) is 0 Å². The third-order valence-electron chi connectivity index (χ3n) is 4.43. The van der Waals surface area contributed by atoms with Crippen molar-refractivity contribution >= 4 is 11.9 Å². The highest BCUT2D eigenvalue weighted by Crippen LogP contribution is 2.31. The Balaban J connectivity index is 1.80. The molecule has 1 saturated heterocycles. The van der Waals surface area contributed by atoms with Crippen LogP contribution in [0.25, 0.3) is 0 Å². The molecular formula is C14H23NO4. The molecule has 0 aromatic heterocycles. The third-order valence-corrected chi connectivity index (χ3v) is 4.43. The monoisotopic (exact) mass is 269 g/mol. The molecule has 1 aliphatic heterocycles. The summed E-state index contributed by atoms with van der Waals surface area (Å²) >= 11 is 0. The summed E-state index contributed by atoms with van der Waals surface area (Å²) in [4.78, 5) is 25.2. The topological polar surface area (TPSA) is 66.8 Å². The van der Waals surface area contributed by atoms with Crippen molar-refractivity contribution in [3.05, 3.63) is 0 Å². The summed E-state index contributed by atoms with van der Waals surface area (Å²) in [5, 5.41) is 8.96. The molecule has 5 heteroatoms. The molecule has 2 fully saturated rings. The van der Waals surface area contributed by atoms with E-state index in [1.54, 1.807) is 7.11 Å². The highest BCUT2D eigenvalue weighted by Gasteiger charge is 2.34. The average molecular weight is 269 g/mol. The molecule has 0 bridgehead atoms. The Morgan fingerprint density at radius 3 is 2.37 bits per heavy atom. The Hall–Kier alpha value is -1.10. The minimum Gasteiger partial charge on any atom is -0.481 e. The summed E-state index contributed by atoms with van der Waals surface area (Å²) in [6.45, 7) is 2.34. The first-order valence-electron chi connectivity index (χ1n) is 7.12. The smallest absolute Gasteiger partial charge is 0.306 e. The van der Waals surface area contributed by atoms with E-state index in [1.807, 2.05) is 4.90 Å². The van der Waals surface area contributed by atoms with Crippen molar-refractivity contribution in [2.75, 3.05) is 26.8 Å². The number of ether oxygens (including phenoxy) is 1. The molecule has 1 heterocycles. The molecule has 0 aromatic carbocycles. The second-order valence-electron chi connectivity index (χ2n) is 5.78. The molecule has 1 saturated carbocycles. The molecule has 0 radical (unpaired) electrons. The van der Waals surface area contributed by atoms with Crippen LogP contribution < -0.4 is 0 Å². The van der Waals surface area contributed by atoms with Crippen LogP contribution >= 0.6 is 0 Å². The predicted octanol–water partition coefficient (Wildman–Crippen LogP) is 1.37. The van der Waals surface area contributed by atoms with E-state index < -0.39 is 5.97 Å². The van der Waals surface area contributed by atoms with Gasteiger partial charge in [-0.3, -0.25) is 9.59 Å². The Morgan fingerprint density at radius 1 is 1.16 bits per heavy atom. The van der Waals surface area contributed by atoms with E-state index >= 15 is 0 Å². The summed E-state index contributed by atoms with van der Waals surface area (Å²) in [6, 6.07) is 0. The lowest BCUT2D eigenvalue weighted by molar-refractivity contribution is -0.145. The molecule has 108 valence electrons. The van der Waals surface area contributed by atoms with Gasteiger partial charge >= 0.3 is 5.97 Å². The molecule has 2 rings (SSSR count). The van der Waals surface area contributed by atoms with Crippen LogP contribution in [0.1, 0.15) is 32.1 Å². The van der Waals surface area contributed by atoms with Gasteiger partial charge < -0.3 is 14.7 Å². The maximum Gasteiger partial charge on any atom is 0.306 e. The maximum atomic E-state index is 12.4. The number of aliphatic carboxylic acids is 1. The zero-order valence-electron chi connectivity index (χ0n) is 11.5. The fourth-order valence-corrected chi connectivity index (χ4v) is 3.25. The zero-order chi connectivity index (χ0) is 13.8. The van der Waals surface area contributed by atoms with Gasteiger partial charge in [0.25, 0.3) is 0 Å². The van der Waals surface area contributed by atoms with Crippen LogP contribution in [0.2, 0.25) is 0 Å². The second-order valence-corrected chi connectivity index (χ2v) is 5.78. The minimum absolute atomic E-state index is 0.0388. The van der Waals surface area contributed by atoms with Crippen molar-refractivity contribution in [1.29, 1.82) is 0 Å². The van der Waals surface area contributed by atoms with Gasteiger partial charge in [-0.05, 0) is 32.1 Å². The number of carboxylic acids is 1. The Labute approximate surface area is 113 Å². The van der Waals surface area contributed by atoms with Crippen molar-refractivity contribution in [2.24, 2.45) is 17.8 Å². The summed E-state index contributed by atoms with van der Waals surface area (Å²) in [7, 11) is 1.69. The fraction of sp³-hybridized carbons (Fsp3) is 0.857. The quantitative estimate of drug-likeness (QED) is 0.837. The van der Waals surface area contributed by atoms with E-state index in [2.05, 4.69) is 0 Å². The average Bonchev–Trinajstić information content (AvgIpc) is 2.87. The van der Waals surface area contributed by atoms with Gasteiger partial charge in [-0.25, -0.2) is 0 Å². The molecule has 5 nitrogen and oxygen atoms in total. The highest BCUT2D eigenvalue weighted by atomic mass is 16.5. The summed E-state index contributed by atoms with van der Waals surface area (Å²) < 4.78 is 5.14. The largest absolute Gasteiger partial charge is 0.481 e. The standard InChI is InChI=1S/C14H23NO4/c1-19-9-10-6-7-15(8-10)13(16)11-2-4-12(5-3-11)14(17)18/h10-12H,2-9H2,1H3,(H,17,18). The molecule has 1 atom stereocenters. The third kappa shape index (κ3) is 3.47. The van der Waals surface area contributed by atoms with Gasteiger partial charge in [-0.2, -0.15) is 0 Å². The van der Waals surface area contributed by atoms with E-state index in [0.717, 1.165) is 39.0 Å². The molecule has 1 unspecified atom stereocenters. The van der Waals surface area contributed by atoms with E-state index in [4.69, 9.17) is 9.84 Å². The number of amides is 1. The maximum absolute atomic E-state index is 12.4. The van der Waals surface area contributed by atoms with Crippen molar-refractivity contribution in [2.45, 2.75) is 32.1 Å². The van der Waals surface area contributed by atoms with Gasteiger partial charge in [0.1, 0.15) is 0 Å². The number of carboxylic acid groups (broad SMARTS) is 1. The summed E-state index contributed by atoms with van der Waals surface area (Å²) in [5.74, 6) is -0.236. The van der Waals surface area contributed by atoms with Crippen molar-refractivity contribution in [3.63, 3.8) is 0 Å². The van der Waals surface area contributed by atoms with Gasteiger partial charge in [0, 0.05) is 32.0 Å². The molecule has 19 heavy (non-hydrogen) atoms. The van der Waals surface area contributed by atoms with Crippen LogP contribution in [0.15, 0.2) is 0 Å². The van der Waals surface area contributed by atoms with E-state index in [-0.39, 0.29) is 17.7 Å². The number of hydrogen-bond acceptors (Lipinski definition) is 3. The van der Waals surface area contributed by atoms with Crippen LogP contribution in [0, 0.1) is 17.8 Å². The summed E-state index contributed by atoms with van der Waals surface area (Å²) in [6.07, 6.45) is 3.74. The molecule has 1 N–H and O–H groups in total. The first-order valence-corrected chi connectivity index (χ1v) is 7.12. The molecule has 2 aliphatic rings. The molecule has 1 amide bonds. The minimum atomic E-state index is -0.716. The molecule has 1 aliphatic carbocycles. The number of carbonyl (C=O) groups is 2. The zero-order valence-corrected chi connectivity index (χ0v) is 11.5. The Kier molecular flexibility index (Phi) is 4.80. The van der Waals surface area contributed by atoms with Gasteiger partial charge in [0.05, 0.1) is 12.5 Å². The van der Waals surface area contributed by atoms with Gasteiger partial charge in [-0.1, -0.05) is 0 Å². The molecule has 0 spiro atoms. The lowest BCUT2D eigenvalue weighted by atomic mass is 9.81. The number of carbonyl (C=O) groups excluding carboxylic acids is 1. The molecular weight excluding hydrogens is 246 g/mol. The van der Waals surface area contributed by atoms with Crippen LogP contribution in [-0.2, 0) is 14.3 Å². The van der Waals surface area contributed by atoms with Crippen molar-refractivity contribution in [3.8, 4) is 0 Å². The number of nitrogens with zero attached hydrogens (tertiary/aromatic N) is 1. The summed E-state index contributed by atoms with van der Waals surface area (Å²) in [5.41, 5.74) is 0. The fourth-order valence-electron chi connectivity index (χ4n) is 3.25. The number of methoxy groups -OCH3 is 1. The Morgan fingerprint density at radius 2 is 1.79 bits per heavy atom. The van der Waals surface area contributed by atoms with E-state index in [1.165, 1.54) is 0 Å². The number of hydrogen-bond donors (Lipinski definition) is 1. The van der Waals surface area contributed by atoms with E-state index in [0.29, 0.717) is 18.8 Å². The van der Waals surface area contributed by atoms with Crippen LogP contribution in [-0.4, -0.2) is 48.7 Å². The number of likely N-dealkylation sites (tertiary alicyclic amines) is 1. The van der Waals surface area contributed by atoms with Gasteiger partial charge in [-0.15, -0.1) is 0 Å². The van der Waals surface area contributed by atoms with Crippen LogP contribution in [0.4, 0.5) is 0 Å². The van der Waals surface area contributed by atoms with Crippen molar-refractivity contribution < 1.29 is 19.4 Å². The normalized spacial score (nSPS) is 31.4. The van der Waals surface area contributed by atoms with E-state index in [9.17, 15) is 9.59 Å². The SMILES string of the molecule is COCC1CCN(C(=O)C2CCC(C(=O)O)CC2)C1.